The Hall–Kier alpha value is -2.10. The molecule has 3 nitrogen and oxygen atoms in total. The Morgan fingerprint density at radius 3 is 2.45 bits per heavy atom. The van der Waals surface area contributed by atoms with E-state index >= 15 is 0 Å². The van der Waals surface area contributed by atoms with Gasteiger partial charge in [0.1, 0.15) is 5.82 Å². The molecule has 1 aliphatic rings. The van der Waals surface area contributed by atoms with Crippen molar-refractivity contribution >= 4 is 11.6 Å². The predicted molar refractivity (Wildman–Crippen MR) is 130 cm³/mol. The topological polar surface area (TPSA) is 21.1 Å². The maximum Gasteiger partial charge on any atom is 0.152 e. The highest BCUT2D eigenvalue weighted by Gasteiger charge is 2.27. The molecule has 0 spiro atoms. The van der Waals surface area contributed by atoms with Gasteiger partial charge in [-0.3, -0.25) is 4.90 Å². The Balaban J connectivity index is 1.73. The van der Waals surface area contributed by atoms with Crippen LogP contribution in [-0.2, 0) is 13.1 Å². The highest BCUT2D eigenvalue weighted by atomic mass is 35.5. The molecule has 1 aromatic heterocycles. The number of aromatic nitrogens is 2. The third-order valence-electron chi connectivity index (χ3n) is 6.61. The molecule has 0 amide bonds. The Morgan fingerprint density at radius 2 is 1.74 bits per heavy atom. The van der Waals surface area contributed by atoms with Gasteiger partial charge in [0.25, 0.3) is 0 Å². The van der Waals surface area contributed by atoms with Crippen LogP contribution in [0.25, 0.3) is 11.4 Å². The lowest BCUT2D eigenvalue weighted by molar-refractivity contribution is 0.137. The standard InChI is InChI=1S/C27H34ClN3/c1-4-5-18-31-24(26(28)29-27(31)25-20(2)12-11-13-21(25)3)19-30-17-10-9-16-23(30)22-14-7-6-8-15-22/h6-8,11-15,23H,4-5,9-10,16-19H2,1-3H3. The number of imidazole rings is 1. The van der Waals surface area contributed by atoms with Crippen molar-refractivity contribution in [2.75, 3.05) is 6.54 Å². The Labute approximate surface area is 192 Å². The Bertz CT molecular complexity index is 989. The molecule has 1 aliphatic heterocycles. The number of benzene rings is 2. The number of aryl methyl sites for hydroxylation is 2. The van der Waals surface area contributed by atoms with E-state index in [2.05, 4.69) is 78.8 Å². The van der Waals surface area contributed by atoms with E-state index in [0.29, 0.717) is 11.2 Å². The molecule has 0 radical (unpaired) electrons. The summed E-state index contributed by atoms with van der Waals surface area (Å²) in [7, 11) is 0. The first-order valence-corrected chi connectivity index (χ1v) is 12.1. The summed E-state index contributed by atoms with van der Waals surface area (Å²) in [6.07, 6.45) is 6.01. The molecule has 0 bridgehead atoms. The number of halogens is 1. The molecule has 164 valence electrons. The van der Waals surface area contributed by atoms with Crippen LogP contribution in [-0.4, -0.2) is 21.0 Å². The van der Waals surface area contributed by atoms with Crippen molar-refractivity contribution in [2.24, 2.45) is 0 Å². The lowest BCUT2D eigenvalue weighted by atomic mass is 9.95. The quantitative estimate of drug-likeness (QED) is 0.386. The SMILES string of the molecule is CCCCn1c(-c2c(C)cccc2C)nc(Cl)c1CN1CCCCC1c1ccccc1. The van der Waals surface area contributed by atoms with Crippen molar-refractivity contribution in [2.45, 2.75) is 72.0 Å². The Kier molecular flexibility index (Phi) is 7.14. The first kappa shape index (κ1) is 22.1. The predicted octanol–water partition coefficient (Wildman–Crippen LogP) is 7.35. The van der Waals surface area contributed by atoms with Gasteiger partial charge in [0.05, 0.1) is 5.69 Å². The largest absolute Gasteiger partial charge is 0.325 e. The van der Waals surface area contributed by atoms with Gasteiger partial charge < -0.3 is 4.57 Å². The lowest BCUT2D eigenvalue weighted by Crippen LogP contribution is -2.33. The summed E-state index contributed by atoms with van der Waals surface area (Å²) in [4.78, 5) is 7.53. The van der Waals surface area contributed by atoms with Crippen LogP contribution in [0.2, 0.25) is 5.15 Å². The van der Waals surface area contributed by atoms with Gasteiger partial charge in [0, 0.05) is 24.7 Å². The fourth-order valence-corrected chi connectivity index (χ4v) is 5.19. The van der Waals surface area contributed by atoms with Gasteiger partial charge in [-0.25, -0.2) is 4.98 Å². The summed E-state index contributed by atoms with van der Waals surface area (Å²) in [5.74, 6) is 1.03. The van der Waals surface area contributed by atoms with E-state index in [1.807, 2.05) is 0 Å². The van der Waals surface area contributed by atoms with Crippen LogP contribution in [0.1, 0.15) is 67.5 Å². The van der Waals surface area contributed by atoms with E-state index in [4.69, 9.17) is 16.6 Å². The minimum Gasteiger partial charge on any atom is -0.325 e. The molecular weight excluding hydrogens is 402 g/mol. The first-order chi connectivity index (χ1) is 15.1. The normalized spacial score (nSPS) is 17.2. The Morgan fingerprint density at radius 1 is 1.00 bits per heavy atom. The third-order valence-corrected chi connectivity index (χ3v) is 6.92. The second kappa shape index (κ2) is 10.0. The zero-order valence-corrected chi connectivity index (χ0v) is 19.8. The van der Waals surface area contributed by atoms with E-state index in [1.54, 1.807) is 0 Å². The van der Waals surface area contributed by atoms with Gasteiger partial charge in [-0.05, 0) is 56.3 Å². The van der Waals surface area contributed by atoms with Crippen molar-refractivity contribution in [1.29, 1.82) is 0 Å². The minimum atomic E-state index is 0.448. The van der Waals surface area contributed by atoms with Crippen LogP contribution in [0.15, 0.2) is 48.5 Å². The average Bonchev–Trinajstić information content (AvgIpc) is 3.08. The van der Waals surface area contributed by atoms with E-state index in [0.717, 1.165) is 44.0 Å². The van der Waals surface area contributed by atoms with Crippen LogP contribution in [0, 0.1) is 13.8 Å². The van der Waals surface area contributed by atoms with Gasteiger partial charge in [-0.2, -0.15) is 0 Å². The molecule has 0 aliphatic carbocycles. The number of likely N-dealkylation sites (tertiary alicyclic amines) is 1. The fraction of sp³-hybridized carbons (Fsp3) is 0.444. The molecule has 0 N–H and O–H groups in total. The third kappa shape index (κ3) is 4.73. The molecule has 1 fully saturated rings. The molecule has 0 saturated carbocycles. The number of hydrogen-bond acceptors (Lipinski definition) is 2. The van der Waals surface area contributed by atoms with Crippen LogP contribution in [0.4, 0.5) is 0 Å². The van der Waals surface area contributed by atoms with Crippen molar-refractivity contribution in [1.82, 2.24) is 14.5 Å². The van der Waals surface area contributed by atoms with Crippen molar-refractivity contribution < 1.29 is 0 Å². The van der Waals surface area contributed by atoms with Gasteiger partial charge in [-0.1, -0.05) is 79.9 Å². The second-order valence-electron chi connectivity index (χ2n) is 8.84. The summed E-state index contributed by atoms with van der Waals surface area (Å²) in [6, 6.07) is 17.8. The van der Waals surface area contributed by atoms with Gasteiger partial charge in [0.15, 0.2) is 5.15 Å². The van der Waals surface area contributed by atoms with Gasteiger partial charge >= 0.3 is 0 Å². The number of piperidine rings is 1. The molecule has 31 heavy (non-hydrogen) atoms. The van der Waals surface area contributed by atoms with E-state index in [9.17, 15) is 0 Å². The summed E-state index contributed by atoms with van der Waals surface area (Å²) in [6.45, 7) is 9.49. The van der Waals surface area contributed by atoms with Crippen molar-refractivity contribution in [3.63, 3.8) is 0 Å². The highest BCUT2D eigenvalue weighted by molar-refractivity contribution is 6.30. The van der Waals surface area contributed by atoms with E-state index in [-0.39, 0.29) is 0 Å². The molecule has 1 saturated heterocycles. The number of nitrogens with zero attached hydrogens (tertiary/aromatic N) is 3. The maximum atomic E-state index is 6.84. The van der Waals surface area contributed by atoms with E-state index < -0.39 is 0 Å². The molecular formula is C27H34ClN3. The van der Waals surface area contributed by atoms with Crippen LogP contribution in [0.5, 0.6) is 0 Å². The number of hydrogen-bond donors (Lipinski definition) is 0. The van der Waals surface area contributed by atoms with Gasteiger partial charge in [-0.15, -0.1) is 0 Å². The van der Waals surface area contributed by atoms with Crippen molar-refractivity contribution in [3.8, 4) is 11.4 Å². The number of unbranched alkanes of at least 4 members (excludes halogenated alkanes) is 1. The minimum absolute atomic E-state index is 0.448. The smallest absolute Gasteiger partial charge is 0.152 e. The lowest BCUT2D eigenvalue weighted by Gasteiger charge is -2.36. The van der Waals surface area contributed by atoms with Crippen LogP contribution < -0.4 is 0 Å². The average molecular weight is 436 g/mol. The molecule has 4 heteroatoms. The molecule has 2 aromatic carbocycles. The zero-order valence-electron chi connectivity index (χ0n) is 19.1. The monoisotopic (exact) mass is 435 g/mol. The number of rotatable bonds is 7. The summed E-state index contributed by atoms with van der Waals surface area (Å²) in [5, 5.41) is 0.658. The maximum absolute atomic E-state index is 6.84. The molecule has 3 aromatic rings. The summed E-state index contributed by atoms with van der Waals surface area (Å²) < 4.78 is 2.40. The highest BCUT2D eigenvalue weighted by Crippen LogP contribution is 2.36. The zero-order chi connectivity index (χ0) is 21.8. The molecule has 1 unspecified atom stereocenters. The van der Waals surface area contributed by atoms with Gasteiger partial charge in [0.2, 0.25) is 0 Å². The van der Waals surface area contributed by atoms with Crippen molar-refractivity contribution in [3.05, 3.63) is 76.1 Å². The first-order valence-electron chi connectivity index (χ1n) is 11.7. The second-order valence-corrected chi connectivity index (χ2v) is 9.20. The summed E-state index contributed by atoms with van der Waals surface area (Å²) in [5.41, 5.74) is 6.31. The molecule has 4 rings (SSSR count). The summed E-state index contributed by atoms with van der Waals surface area (Å²) >= 11 is 6.84. The molecule has 2 heterocycles. The van der Waals surface area contributed by atoms with Crippen LogP contribution >= 0.6 is 11.6 Å². The molecule has 1 atom stereocenters. The van der Waals surface area contributed by atoms with Crippen LogP contribution in [0.3, 0.4) is 0 Å². The van der Waals surface area contributed by atoms with E-state index in [1.165, 1.54) is 41.5 Å². The fourth-order valence-electron chi connectivity index (χ4n) is 4.95.